The number of hydrogen-bond donors (Lipinski definition) is 1. The lowest BCUT2D eigenvalue weighted by Crippen LogP contribution is -2.43. The Hall–Kier alpha value is -1.20. The van der Waals surface area contributed by atoms with Crippen LogP contribution in [0.3, 0.4) is 0 Å². The van der Waals surface area contributed by atoms with Gasteiger partial charge in [0.05, 0.1) is 0 Å². The van der Waals surface area contributed by atoms with E-state index in [0.29, 0.717) is 6.54 Å². The third kappa shape index (κ3) is 3.27. The van der Waals surface area contributed by atoms with Gasteiger partial charge in [-0.2, -0.15) is 8.78 Å². The zero-order chi connectivity index (χ0) is 14.8. The van der Waals surface area contributed by atoms with Crippen LogP contribution in [0, 0.1) is 0 Å². The first kappa shape index (κ1) is 15.2. The van der Waals surface area contributed by atoms with Gasteiger partial charge in [-0.15, -0.1) is 0 Å². The van der Waals surface area contributed by atoms with Crippen LogP contribution in [-0.2, 0) is 0 Å². The van der Waals surface area contributed by atoms with E-state index < -0.39 is 6.61 Å². The van der Waals surface area contributed by atoms with Crippen LogP contribution in [0.5, 0.6) is 5.75 Å². The summed E-state index contributed by atoms with van der Waals surface area (Å²) >= 11 is 0. The molecule has 0 bridgehead atoms. The van der Waals surface area contributed by atoms with Gasteiger partial charge in [-0.3, -0.25) is 4.90 Å². The molecular weight excluding hydrogens is 262 g/mol. The first-order valence-electron chi connectivity index (χ1n) is 6.95. The van der Waals surface area contributed by atoms with Gasteiger partial charge in [-0.1, -0.05) is 12.1 Å². The van der Waals surface area contributed by atoms with Crippen LogP contribution in [0.15, 0.2) is 24.3 Å². The smallest absolute Gasteiger partial charge is 0.387 e. The quantitative estimate of drug-likeness (QED) is 0.902. The third-order valence-electron chi connectivity index (χ3n) is 4.05. The van der Waals surface area contributed by atoms with E-state index in [2.05, 4.69) is 23.5 Å². The number of nitrogens with two attached hydrogens (primary N) is 1. The van der Waals surface area contributed by atoms with Crippen molar-refractivity contribution < 1.29 is 13.5 Å². The predicted octanol–water partition coefficient (Wildman–Crippen LogP) is 3.16. The number of halogens is 2. The van der Waals surface area contributed by atoms with Crippen LogP contribution >= 0.6 is 0 Å². The molecule has 3 nitrogen and oxygen atoms in total. The highest BCUT2D eigenvalue weighted by Gasteiger charge is 2.36. The number of ether oxygens (including phenoxy) is 1. The van der Waals surface area contributed by atoms with Crippen molar-refractivity contribution in [1.82, 2.24) is 4.90 Å². The fraction of sp³-hybridized carbons (Fsp3) is 0.600. The highest BCUT2D eigenvalue weighted by atomic mass is 19.3. The molecule has 2 rings (SSSR count). The summed E-state index contributed by atoms with van der Waals surface area (Å²) in [5.41, 5.74) is 7.10. The van der Waals surface area contributed by atoms with Crippen molar-refractivity contribution in [2.45, 2.75) is 44.9 Å². The second kappa shape index (κ2) is 6.06. The summed E-state index contributed by atoms with van der Waals surface area (Å²) in [5.74, 6) is 0.181. The average molecular weight is 284 g/mol. The van der Waals surface area contributed by atoms with Crippen LogP contribution < -0.4 is 10.5 Å². The van der Waals surface area contributed by atoms with E-state index in [1.807, 2.05) is 12.1 Å². The standard InChI is InChI=1S/C15H22F2N2O/c1-15(2)8-3-9-19(15)13(10-18)11-4-6-12(7-5-11)20-14(16)17/h4-7,13-14H,3,8-10,18H2,1-2H3. The molecule has 1 aliphatic heterocycles. The van der Waals surface area contributed by atoms with Gasteiger partial charge in [0.2, 0.25) is 0 Å². The minimum absolute atomic E-state index is 0.119. The number of alkyl halides is 2. The molecule has 1 aromatic carbocycles. The molecule has 0 radical (unpaired) electrons. The average Bonchev–Trinajstić information content (AvgIpc) is 2.72. The van der Waals surface area contributed by atoms with Gasteiger partial charge in [0.15, 0.2) is 0 Å². The lowest BCUT2D eigenvalue weighted by molar-refractivity contribution is -0.0498. The highest BCUT2D eigenvalue weighted by molar-refractivity contribution is 5.30. The van der Waals surface area contributed by atoms with Gasteiger partial charge in [-0.25, -0.2) is 0 Å². The van der Waals surface area contributed by atoms with E-state index in [4.69, 9.17) is 5.73 Å². The number of benzene rings is 1. The van der Waals surface area contributed by atoms with Crippen molar-refractivity contribution in [3.63, 3.8) is 0 Å². The number of rotatable bonds is 5. The van der Waals surface area contributed by atoms with Crippen LogP contribution in [0.25, 0.3) is 0 Å². The Balaban J connectivity index is 2.15. The summed E-state index contributed by atoms with van der Waals surface area (Å²) in [4.78, 5) is 2.40. The van der Waals surface area contributed by atoms with Crippen LogP contribution in [0.4, 0.5) is 8.78 Å². The summed E-state index contributed by atoms with van der Waals surface area (Å²) in [6, 6.07) is 6.92. The number of nitrogens with zero attached hydrogens (tertiary/aromatic N) is 1. The SMILES string of the molecule is CC1(C)CCCN1C(CN)c1ccc(OC(F)F)cc1. The maximum atomic E-state index is 12.1. The lowest BCUT2D eigenvalue weighted by atomic mass is 9.97. The molecule has 1 atom stereocenters. The van der Waals surface area contributed by atoms with Crippen LogP contribution in [-0.4, -0.2) is 30.1 Å². The number of hydrogen-bond acceptors (Lipinski definition) is 3. The molecule has 20 heavy (non-hydrogen) atoms. The Kier molecular flexibility index (Phi) is 4.60. The molecule has 1 heterocycles. The van der Waals surface area contributed by atoms with Gasteiger partial charge < -0.3 is 10.5 Å². The summed E-state index contributed by atoms with van der Waals surface area (Å²) < 4.78 is 28.7. The summed E-state index contributed by atoms with van der Waals surface area (Å²) in [7, 11) is 0. The van der Waals surface area contributed by atoms with Crippen LogP contribution in [0.2, 0.25) is 0 Å². The molecule has 0 amide bonds. The van der Waals surface area contributed by atoms with Gasteiger partial charge in [0.1, 0.15) is 5.75 Å². The summed E-state index contributed by atoms with van der Waals surface area (Å²) in [6.45, 7) is 3.18. The molecular formula is C15H22F2N2O. The maximum absolute atomic E-state index is 12.1. The molecule has 0 aliphatic carbocycles. The van der Waals surface area contributed by atoms with E-state index in [9.17, 15) is 8.78 Å². The van der Waals surface area contributed by atoms with Crippen molar-refractivity contribution in [3.8, 4) is 5.75 Å². The Bertz CT molecular complexity index is 434. The van der Waals surface area contributed by atoms with Gasteiger partial charge in [-0.05, 0) is 50.9 Å². The van der Waals surface area contributed by atoms with Gasteiger partial charge >= 0.3 is 6.61 Å². The van der Waals surface area contributed by atoms with Gasteiger partial charge in [0.25, 0.3) is 0 Å². The molecule has 1 fully saturated rings. The van der Waals surface area contributed by atoms with E-state index in [0.717, 1.165) is 24.9 Å². The normalized spacial score (nSPS) is 20.3. The lowest BCUT2D eigenvalue weighted by Gasteiger charge is -2.38. The number of likely N-dealkylation sites (tertiary alicyclic amines) is 1. The Morgan fingerprint density at radius 2 is 1.95 bits per heavy atom. The van der Waals surface area contributed by atoms with E-state index in [1.54, 1.807) is 12.1 Å². The van der Waals surface area contributed by atoms with Crippen molar-refractivity contribution >= 4 is 0 Å². The fourth-order valence-electron chi connectivity index (χ4n) is 3.02. The van der Waals surface area contributed by atoms with Gasteiger partial charge in [0, 0.05) is 18.1 Å². The molecule has 1 saturated heterocycles. The van der Waals surface area contributed by atoms with E-state index in [-0.39, 0.29) is 17.3 Å². The molecule has 1 aromatic rings. The second-order valence-corrected chi connectivity index (χ2v) is 5.81. The second-order valence-electron chi connectivity index (χ2n) is 5.81. The first-order chi connectivity index (χ1) is 9.44. The van der Waals surface area contributed by atoms with Crippen LogP contribution in [0.1, 0.15) is 38.3 Å². The van der Waals surface area contributed by atoms with E-state index >= 15 is 0 Å². The topological polar surface area (TPSA) is 38.5 Å². The molecule has 5 heteroatoms. The molecule has 0 aromatic heterocycles. The maximum Gasteiger partial charge on any atom is 0.387 e. The molecule has 2 N–H and O–H groups in total. The molecule has 1 aliphatic rings. The fourth-order valence-corrected chi connectivity index (χ4v) is 3.02. The Morgan fingerprint density at radius 1 is 1.30 bits per heavy atom. The molecule has 112 valence electrons. The van der Waals surface area contributed by atoms with Crippen molar-refractivity contribution in [2.75, 3.05) is 13.1 Å². The Morgan fingerprint density at radius 3 is 2.40 bits per heavy atom. The van der Waals surface area contributed by atoms with Crippen molar-refractivity contribution in [2.24, 2.45) is 5.73 Å². The molecule has 1 unspecified atom stereocenters. The minimum atomic E-state index is -2.79. The zero-order valence-corrected chi connectivity index (χ0v) is 12.0. The predicted molar refractivity (Wildman–Crippen MR) is 74.9 cm³/mol. The summed E-state index contributed by atoms with van der Waals surface area (Å²) in [6.07, 6.45) is 2.31. The molecule has 0 saturated carbocycles. The zero-order valence-electron chi connectivity index (χ0n) is 12.0. The summed E-state index contributed by atoms with van der Waals surface area (Å²) in [5, 5.41) is 0. The monoisotopic (exact) mass is 284 g/mol. The first-order valence-corrected chi connectivity index (χ1v) is 6.95. The third-order valence-corrected chi connectivity index (χ3v) is 4.05. The molecule has 0 spiro atoms. The largest absolute Gasteiger partial charge is 0.435 e. The van der Waals surface area contributed by atoms with Crippen molar-refractivity contribution in [3.05, 3.63) is 29.8 Å². The Labute approximate surface area is 118 Å². The van der Waals surface area contributed by atoms with E-state index in [1.165, 1.54) is 0 Å². The minimum Gasteiger partial charge on any atom is -0.435 e. The van der Waals surface area contributed by atoms with Crippen molar-refractivity contribution in [1.29, 1.82) is 0 Å². The highest BCUT2D eigenvalue weighted by Crippen LogP contribution is 2.36.